The largest absolute Gasteiger partial charge is 0.342 e. The Morgan fingerprint density at radius 2 is 2.04 bits per heavy atom. The first-order valence-corrected chi connectivity index (χ1v) is 10.4. The van der Waals surface area contributed by atoms with Crippen molar-refractivity contribution >= 4 is 23.6 Å². The number of hydrogen-bond donors (Lipinski definition) is 2. The molecule has 3 aliphatic rings. The average molecular weight is 379 g/mol. The molecule has 9 heteroatoms. The summed E-state index contributed by atoms with van der Waals surface area (Å²) in [7, 11) is 0. The molecule has 2 amide bonds. The molecule has 26 heavy (non-hydrogen) atoms. The molecule has 1 aliphatic carbocycles. The number of carbonyl (C=O) groups excluding carboxylic acids is 2. The lowest BCUT2D eigenvalue weighted by atomic mass is 9.94. The van der Waals surface area contributed by atoms with Crippen LogP contribution in [-0.4, -0.2) is 53.5 Å². The van der Waals surface area contributed by atoms with E-state index in [2.05, 4.69) is 39.8 Å². The number of hydrogen-bond acceptors (Lipinski definition) is 6. The van der Waals surface area contributed by atoms with Crippen LogP contribution in [-0.2, 0) is 9.59 Å². The number of amides is 2. The molecule has 0 spiro atoms. The van der Waals surface area contributed by atoms with Crippen molar-refractivity contribution in [3.05, 3.63) is 5.82 Å². The number of carbonyl (C=O) groups is 2. The maximum Gasteiger partial charge on any atom is 0.249 e. The molecular weight excluding hydrogens is 352 g/mol. The van der Waals surface area contributed by atoms with Gasteiger partial charge in [-0.15, -0.1) is 22.0 Å². The molecule has 3 fully saturated rings. The molecule has 1 aromatic rings. The van der Waals surface area contributed by atoms with Crippen LogP contribution in [0.5, 0.6) is 0 Å². The van der Waals surface area contributed by atoms with Crippen molar-refractivity contribution < 1.29 is 9.59 Å². The second-order valence-electron chi connectivity index (χ2n) is 8.14. The second-order valence-corrected chi connectivity index (χ2v) is 9.91. The Kier molecular flexibility index (Phi) is 4.66. The lowest BCUT2D eigenvalue weighted by Crippen LogP contribution is -2.68. The Labute approximate surface area is 157 Å². The highest BCUT2D eigenvalue weighted by atomic mass is 32.2. The fraction of sp³-hybridized carbons (Fsp3) is 0.824. The van der Waals surface area contributed by atoms with E-state index < -0.39 is 6.04 Å². The number of aromatic nitrogens is 4. The Bertz CT molecular complexity index is 671. The van der Waals surface area contributed by atoms with E-state index in [4.69, 9.17) is 0 Å². The van der Waals surface area contributed by atoms with Crippen molar-refractivity contribution in [2.75, 3.05) is 0 Å². The minimum atomic E-state index is -0.436. The van der Waals surface area contributed by atoms with Gasteiger partial charge in [0.05, 0.1) is 0 Å². The van der Waals surface area contributed by atoms with Crippen molar-refractivity contribution in [2.45, 2.75) is 81.0 Å². The highest BCUT2D eigenvalue weighted by molar-refractivity contribution is 8.01. The van der Waals surface area contributed by atoms with E-state index in [-0.39, 0.29) is 28.0 Å². The van der Waals surface area contributed by atoms with Gasteiger partial charge in [0.2, 0.25) is 11.8 Å². The number of tetrazole rings is 1. The summed E-state index contributed by atoms with van der Waals surface area (Å²) >= 11 is 1.70. The minimum Gasteiger partial charge on any atom is -0.342 e. The predicted octanol–water partition coefficient (Wildman–Crippen LogP) is 1.78. The summed E-state index contributed by atoms with van der Waals surface area (Å²) in [4.78, 5) is 27.0. The van der Waals surface area contributed by atoms with Gasteiger partial charge in [-0.2, -0.15) is 5.21 Å². The van der Waals surface area contributed by atoms with Gasteiger partial charge in [0.1, 0.15) is 17.5 Å². The van der Waals surface area contributed by atoms with Crippen LogP contribution >= 0.6 is 11.8 Å². The van der Waals surface area contributed by atoms with Crippen LogP contribution < -0.4 is 5.32 Å². The van der Waals surface area contributed by atoms with Gasteiger partial charge in [0.25, 0.3) is 0 Å². The molecule has 3 atom stereocenters. The normalized spacial score (nSPS) is 31.2. The van der Waals surface area contributed by atoms with Crippen molar-refractivity contribution in [1.29, 1.82) is 0 Å². The van der Waals surface area contributed by atoms with Crippen LogP contribution in [0.4, 0.5) is 0 Å². The van der Waals surface area contributed by atoms with Gasteiger partial charge >= 0.3 is 0 Å². The molecule has 0 radical (unpaired) electrons. The number of nitrogens with zero attached hydrogens (tertiary/aromatic N) is 4. The molecule has 0 aromatic carbocycles. The number of aromatic amines is 1. The van der Waals surface area contributed by atoms with Gasteiger partial charge in [-0.05, 0) is 32.6 Å². The number of fused-ring (bicyclic) bond motifs is 1. The zero-order chi connectivity index (χ0) is 18.3. The summed E-state index contributed by atoms with van der Waals surface area (Å²) in [6.07, 6.45) is 7.78. The third kappa shape index (κ3) is 3.10. The van der Waals surface area contributed by atoms with Crippen molar-refractivity contribution in [3.8, 4) is 0 Å². The zero-order valence-corrected chi connectivity index (χ0v) is 16.1. The van der Waals surface area contributed by atoms with E-state index in [1.807, 2.05) is 0 Å². The number of H-pyrrole nitrogens is 1. The van der Waals surface area contributed by atoms with Crippen LogP contribution in [0.1, 0.15) is 70.7 Å². The van der Waals surface area contributed by atoms with Crippen LogP contribution in [0.2, 0.25) is 0 Å². The maximum atomic E-state index is 12.7. The minimum absolute atomic E-state index is 0.0105. The molecule has 2 unspecified atom stereocenters. The molecular formula is C17H26N6O2S. The number of rotatable bonds is 4. The quantitative estimate of drug-likeness (QED) is 0.611. The Morgan fingerprint density at radius 1 is 1.31 bits per heavy atom. The standard InChI is InChI=1S/C17H26N6O2S/c1-17(2)13(14-19-21-22-20-14)23-15(25)12(16(23)26-17)18-11(24)9-10-7-5-3-4-6-8-10/h10,12-13,16H,3-9H2,1-2H3,(H,18,24)(H,19,20,21,22)/t12?,13?,16-/m0/s1. The first-order valence-electron chi connectivity index (χ1n) is 9.50. The van der Waals surface area contributed by atoms with E-state index >= 15 is 0 Å². The fourth-order valence-corrected chi connectivity index (χ4v) is 6.14. The SMILES string of the molecule is CC1(C)S[C@H]2C(NC(=O)CC3CCCCCC3)C(=O)N2C1c1nn[nH]n1. The molecule has 4 rings (SSSR count). The third-order valence-electron chi connectivity index (χ3n) is 5.81. The molecule has 1 aromatic heterocycles. The summed E-state index contributed by atoms with van der Waals surface area (Å²) < 4.78 is -0.231. The Balaban J connectivity index is 1.39. The fourth-order valence-electron chi connectivity index (χ4n) is 4.51. The van der Waals surface area contributed by atoms with E-state index in [1.165, 1.54) is 25.7 Å². The number of nitrogens with one attached hydrogen (secondary N) is 2. The Hall–Kier alpha value is -1.64. The van der Waals surface area contributed by atoms with E-state index in [0.717, 1.165) is 12.8 Å². The summed E-state index contributed by atoms with van der Waals surface area (Å²) in [6.45, 7) is 4.16. The van der Waals surface area contributed by atoms with Gasteiger partial charge in [0, 0.05) is 11.2 Å². The maximum absolute atomic E-state index is 12.7. The van der Waals surface area contributed by atoms with E-state index in [1.54, 1.807) is 16.7 Å². The molecule has 2 aliphatic heterocycles. The van der Waals surface area contributed by atoms with Crippen LogP contribution in [0.3, 0.4) is 0 Å². The van der Waals surface area contributed by atoms with Crippen molar-refractivity contribution in [3.63, 3.8) is 0 Å². The zero-order valence-electron chi connectivity index (χ0n) is 15.3. The topological polar surface area (TPSA) is 104 Å². The molecule has 2 saturated heterocycles. The highest BCUT2D eigenvalue weighted by Gasteiger charge is 2.63. The highest BCUT2D eigenvalue weighted by Crippen LogP contribution is 2.56. The molecule has 0 bridgehead atoms. The summed E-state index contributed by atoms with van der Waals surface area (Å²) in [5.74, 6) is 0.957. The van der Waals surface area contributed by atoms with Gasteiger partial charge in [-0.1, -0.05) is 30.9 Å². The Morgan fingerprint density at radius 3 is 2.69 bits per heavy atom. The second kappa shape index (κ2) is 6.83. The third-order valence-corrected chi connectivity index (χ3v) is 7.38. The lowest BCUT2D eigenvalue weighted by molar-refractivity contribution is -0.152. The van der Waals surface area contributed by atoms with E-state index in [0.29, 0.717) is 18.2 Å². The lowest BCUT2D eigenvalue weighted by Gasteiger charge is -2.44. The summed E-state index contributed by atoms with van der Waals surface area (Å²) in [6, 6.07) is -0.659. The van der Waals surface area contributed by atoms with Crippen LogP contribution in [0, 0.1) is 5.92 Å². The number of β-lactam (4-membered cyclic amide) rings is 1. The van der Waals surface area contributed by atoms with Gasteiger partial charge in [-0.3, -0.25) is 9.59 Å². The first-order chi connectivity index (χ1) is 12.5. The van der Waals surface area contributed by atoms with E-state index in [9.17, 15) is 9.59 Å². The number of thioether (sulfide) groups is 1. The molecule has 2 N–H and O–H groups in total. The molecule has 8 nitrogen and oxygen atoms in total. The molecule has 142 valence electrons. The summed E-state index contributed by atoms with van der Waals surface area (Å²) in [5.41, 5.74) is 0. The van der Waals surface area contributed by atoms with Crippen LogP contribution in [0.15, 0.2) is 0 Å². The monoisotopic (exact) mass is 378 g/mol. The van der Waals surface area contributed by atoms with Gasteiger partial charge < -0.3 is 10.2 Å². The molecule has 1 saturated carbocycles. The molecule has 3 heterocycles. The average Bonchev–Trinajstić information content (AvgIpc) is 3.10. The van der Waals surface area contributed by atoms with Crippen LogP contribution in [0.25, 0.3) is 0 Å². The van der Waals surface area contributed by atoms with Gasteiger partial charge in [-0.25, -0.2) is 0 Å². The smallest absolute Gasteiger partial charge is 0.249 e. The predicted molar refractivity (Wildman–Crippen MR) is 97.0 cm³/mol. The van der Waals surface area contributed by atoms with Gasteiger partial charge in [0.15, 0.2) is 5.82 Å². The first kappa shape index (κ1) is 17.8. The van der Waals surface area contributed by atoms with Crippen molar-refractivity contribution in [2.24, 2.45) is 5.92 Å². The van der Waals surface area contributed by atoms with Crippen molar-refractivity contribution in [1.82, 2.24) is 30.8 Å². The summed E-state index contributed by atoms with van der Waals surface area (Å²) in [5, 5.41) is 17.2.